The first-order valence-electron chi connectivity index (χ1n) is 8.31. The van der Waals surface area contributed by atoms with E-state index in [9.17, 15) is 0 Å². The normalized spacial score (nSPS) is 11.1. The molecule has 124 valence electrons. The van der Waals surface area contributed by atoms with Crippen LogP contribution in [0.3, 0.4) is 0 Å². The molecule has 0 aromatic heterocycles. The number of rotatable bonds is 7. The van der Waals surface area contributed by atoms with Crippen molar-refractivity contribution in [3.8, 4) is 12.8 Å². The first kappa shape index (κ1) is 19.3. The second-order valence-corrected chi connectivity index (χ2v) is 5.34. The molecule has 1 heteroatoms. The quantitative estimate of drug-likeness (QED) is 0.249. The summed E-state index contributed by atoms with van der Waals surface area (Å²) in [6.45, 7) is 9.07. The smallest absolute Gasteiger partial charge is 0.0487 e. The summed E-state index contributed by atoms with van der Waals surface area (Å²) in [4.78, 5) is 2.36. The molecule has 24 heavy (non-hydrogen) atoms. The number of hydrogen-bond donors (Lipinski definition) is 0. The van der Waals surface area contributed by atoms with Gasteiger partial charge in [0.05, 0.1) is 0 Å². The van der Waals surface area contributed by atoms with Gasteiger partial charge in [0.2, 0.25) is 0 Å². The summed E-state index contributed by atoms with van der Waals surface area (Å²) in [5.74, 6) is 0. The lowest BCUT2D eigenvalue weighted by Gasteiger charge is -2.25. The lowest BCUT2D eigenvalue weighted by Crippen LogP contribution is -2.20. The Hall–Kier alpha value is -2.72. The fourth-order valence-electron chi connectivity index (χ4n) is 2.66. The lowest BCUT2D eigenvalue weighted by molar-refractivity contribution is 0.958. The minimum Gasteiger partial charge on any atom is -0.345 e. The van der Waals surface area contributed by atoms with Crippen LogP contribution < -0.4 is 4.90 Å². The van der Waals surface area contributed by atoms with Crippen LogP contribution in [-0.4, -0.2) is 6.54 Å². The van der Waals surface area contributed by atoms with E-state index in [2.05, 4.69) is 98.9 Å². The topological polar surface area (TPSA) is 3.24 Å². The number of hydrogen-bond acceptors (Lipinski definition) is 1. The Morgan fingerprint density at radius 3 is 2.50 bits per heavy atom. The molecule has 0 heterocycles. The molecule has 2 rings (SSSR count). The third kappa shape index (κ3) is 5.18. The molecule has 0 radical (unpaired) electrons. The summed E-state index contributed by atoms with van der Waals surface area (Å²) >= 11 is 0. The van der Waals surface area contributed by atoms with Gasteiger partial charge in [0, 0.05) is 23.3 Å². The Morgan fingerprint density at radius 1 is 1.08 bits per heavy atom. The maximum Gasteiger partial charge on any atom is 0.0487 e. The summed E-state index contributed by atoms with van der Waals surface area (Å²) in [6.07, 6.45) is 18.6. The van der Waals surface area contributed by atoms with Crippen LogP contribution in [0.5, 0.6) is 0 Å². The number of anilines is 1. The zero-order chi connectivity index (χ0) is 17.8. The zero-order valence-electron chi connectivity index (χ0n) is 14.8. The maximum atomic E-state index is 4.00. The molecule has 0 unspecified atom stereocenters. The van der Waals surface area contributed by atoms with Crippen molar-refractivity contribution in [2.75, 3.05) is 11.4 Å². The van der Waals surface area contributed by atoms with Gasteiger partial charge >= 0.3 is 0 Å². The summed E-state index contributed by atoms with van der Waals surface area (Å²) in [6, 6.07) is 15.1. The summed E-state index contributed by atoms with van der Waals surface area (Å²) in [5, 5.41) is 2.59. The average molecular weight is 317 g/mol. The van der Waals surface area contributed by atoms with Crippen LogP contribution >= 0.6 is 0 Å². The number of fused-ring (bicyclic) bond motifs is 1. The largest absolute Gasteiger partial charge is 0.345 e. The van der Waals surface area contributed by atoms with Gasteiger partial charge in [-0.05, 0) is 44.2 Å². The minimum atomic E-state index is 0.955. The van der Waals surface area contributed by atoms with Gasteiger partial charge in [-0.25, -0.2) is 0 Å². The van der Waals surface area contributed by atoms with Crippen molar-refractivity contribution < 1.29 is 0 Å². The molecular formula is C23H27N. The average Bonchev–Trinajstić information content (AvgIpc) is 2.64. The fraction of sp³-hybridized carbons (Fsp3) is 0.217. The predicted octanol–water partition coefficient (Wildman–Crippen LogP) is 6.34. The molecular weight excluding hydrogens is 290 g/mol. The van der Waals surface area contributed by atoms with Crippen LogP contribution in [0.2, 0.25) is 0 Å². The molecule has 0 fully saturated rings. The van der Waals surface area contributed by atoms with E-state index in [-0.39, 0.29) is 0 Å². The molecule has 2 aromatic carbocycles. The predicted molar refractivity (Wildman–Crippen MR) is 109 cm³/mol. The van der Waals surface area contributed by atoms with E-state index in [0.717, 1.165) is 19.4 Å². The lowest BCUT2D eigenvalue weighted by atomic mass is 10.1. The molecule has 0 aliphatic heterocycles. The Bertz CT molecular complexity index is 714. The SMILES string of the molecule is C#C.C=CCC/C=C\C=C(/C)N(CC)c1cccc2ccccc12. The Balaban J connectivity index is 0.00000139. The van der Waals surface area contributed by atoms with E-state index >= 15 is 0 Å². The highest BCUT2D eigenvalue weighted by atomic mass is 15.1. The van der Waals surface area contributed by atoms with E-state index < -0.39 is 0 Å². The number of terminal acetylenes is 1. The van der Waals surface area contributed by atoms with Crippen molar-refractivity contribution in [3.63, 3.8) is 0 Å². The van der Waals surface area contributed by atoms with Crippen molar-refractivity contribution in [2.45, 2.75) is 26.7 Å². The molecule has 0 N–H and O–H groups in total. The molecule has 0 aliphatic rings. The Morgan fingerprint density at radius 2 is 1.79 bits per heavy atom. The third-order valence-electron chi connectivity index (χ3n) is 3.81. The number of benzene rings is 2. The third-order valence-corrected chi connectivity index (χ3v) is 3.81. The summed E-state index contributed by atoms with van der Waals surface area (Å²) < 4.78 is 0. The highest BCUT2D eigenvalue weighted by Gasteiger charge is 2.09. The van der Waals surface area contributed by atoms with Crippen molar-refractivity contribution in [1.82, 2.24) is 0 Å². The highest BCUT2D eigenvalue weighted by molar-refractivity contribution is 5.94. The first-order chi connectivity index (χ1) is 11.8. The van der Waals surface area contributed by atoms with E-state index in [1.165, 1.54) is 22.2 Å². The first-order valence-corrected chi connectivity index (χ1v) is 8.31. The van der Waals surface area contributed by atoms with E-state index in [1.807, 2.05) is 6.08 Å². The Labute approximate surface area is 147 Å². The molecule has 0 bridgehead atoms. The zero-order valence-corrected chi connectivity index (χ0v) is 14.8. The fourth-order valence-corrected chi connectivity index (χ4v) is 2.66. The summed E-state index contributed by atoms with van der Waals surface area (Å²) in [5.41, 5.74) is 2.53. The van der Waals surface area contributed by atoms with Gasteiger partial charge in [-0.2, -0.15) is 0 Å². The van der Waals surface area contributed by atoms with Gasteiger partial charge in [0.1, 0.15) is 0 Å². The van der Waals surface area contributed by atoms with Crippen molar-refractivity contribution in [2.24, 2.45) is 0 Å². The summed E-state index contributed by atoms with van der Waals surface area (Å²) in [7, 11) is 0. The molecule has 0 spiro atoms. The molecule has 2 aromatic rings. The van der Waals surface area contributed by atoms with E-state index in [1.54, 1.807) is 0 Å². The highest BCUT2D eigenvalue weighted by Crippen LogP contribution is 2.28. The van der Waals surface area contributed by atoms with Crippen molar-refractivity contribution in [3.05, 3.63) is 79.0 Å². The van der Waals surface area contributed by atoms with E-state index in [4.69, 9.17) is 0 Å². The molecule has 0 aliphatic carbocycles. The standard InChI is InChI=1S/C21H25N.C2H2/c1-4-6-7-8-9-13-18(3)22(5-2)21-17-12-15-19-14-10-11-16-20(19)21;1-2/h4,8-17H,1,5-7H2,2-3H3;1-2H/b9-8-,18-13+;. The monoisotopic (exact) mass is 317 g/mol. The van der Waals surface area contributed by atoms with Crippen LogP contribution in [0, 0.1) is 12.8 Å². The second kappa shape index (κ2) is 10.9. The number of unbranched alkanes of at least 4 members (excludes halogenated alkanes) is 1. The van der Waals surface area contributed by atoms with Crippen LogP contribution in [0.25, 0.3) is 10.8 Å². The number of nitrogens with zero attached hydrogens (tertiary/aromatic N) is 1. The van der Waals surface area contributed by atoms with Crippen LogP contribution in [0.4, 0.5) is 5.69 Å². The van der Waals surface area contributed by atoms with Crippen LogP contribution in [0.1, 0.15) is 26.7 Å². The van der Waals surface area contributed by atoms with Crippen molar-refractivity contribution >= 4 is 16.5 Å². The van der Waals surface area contributed by atoms with Gasteiger partial charge in [-0.1, -0.05) is 54.6 Å². The second-order valence-electron chi connectivity index (χ2n) is 5.34. The van der Waals surface area contributed by atoms with Gasteiger partial charge in [-0.15, -0.1) is 19.4 Å². The molecule has 0 saturated heterocycles. The number of allylic oxidation sites excluding steroid dienone is 5. The van der Waals surface area contributed by atoms with Gasteiger partial charge in [-0.3, -0.25) is 0 Å². The van der Waals surface area contributed by atoms with Crippen LogP contribution in [-0.2, 0) is 0 Å². The minimum absolute atomic E-state index is 0.955. The van der Waals surface area contributed by atoms with E-state index in [0.29, 0.717) is 0 Å². The molecule has 0 atom stereocenters. The van der Waals surface area contributed by atoms with Crippen molar-refractivity contribution in [1.29, 1.82) is 0 Å². The van der Waals surface area contributed by atoms with Gasteiger partial charge in [0.25, 0.3) is 0 Å². The van der Waals surface area contributed by atoms with Crippen LogP contribution in [0.15, 0.2) is 79.0 Å². The maximum absolute atomic E-state index is 4.00. The van der Waals surface area contributed by atoms with Gasteiger partial charge in [0.15, 0.2) is 0 Å². The molecule has 1 nitrogen and oxygen atoms in total. The Kier molecular flexibility index (Phi) is 8.79. The van der Waals surface area contributed by atoms with Gasteiger partial charge < -0.3 is 4.90 Å². The molecule has 0 saturated carbocycles. The molecule has 0 amide bonds.